The summed E-state index contributed by atoms with van der Waals surface area (Å²) in [7, 11) is 0. The highest BCUT2D eigenvalue weighted by Crippen LogP contribution is 2.26. The Balaban J connectivity index is 2.18. The lowest BCUT2D eigenvalue weighted by Gasteiger charge is -2.18. The van der Waals surface area contributed by atoms with Gasteiger partial charge in [-0.2, -0.15) is 0 Å². The van der Waals surface area contributed by atoms with E-state index >= 15 is 0 Å². The van der Waals surface area contributed by atoms with Crippen molar-refractivity contribution in [3.8, 4) is 0 Å². The van der Waals surface area contributed by atoms with E-state index < -0.39 is 23.6 Å². The molecule has 0 spiro atoms. The topological polar surface area (TPSA) is 32.3 Å². The van der Waals surface area contributed by atoms with Crippen LogP contribution in [0.4, 0.5) is 18.9 Å². The van der Waals surface area contributed by atoms with Crippen LogP contribution in [-0.4, -0.2) is 17.3 Å². The van der Waals surface area contributed by atoms with Crippen molar-refractivity contribution in [2.24, 2.45) is 0 Å². The first-order valence-corrected chi connectivity index (χ1v) is 5.17. The Morgan fingerprint density at radius 1 is 1.12 bits per heavy atom. The Hall–Kier alpha value is -1.23. The second-order valence-electron chi connectivity index (χ2n) is 3.97. The largest absolute Gasteiger partial charge is 0.391 e. The monoisotopic (exact) mass is 231 g/mol. The van der Waals surface area contributed by atoms with Gasteiger partial charge in [0.25, 0.3) is 0 Å². The molecular formula is C11H12F3NO. The maximum Gasteiger partial charge on any atom is 0.196 e. The van der Waals surface area contributed by atoms with E-state index in [-0.39, 0.29) is 11.7 Å². The highest BCUT2D eigenvalue weighted by Gasteiger charge is 2.26. The molecule has 0 heterocycles. The molecule has 1 aromatic carbocycles. The van der Waals surface area contributed by atoms with Crippen LogP contribution in [0.1, 0.15) is 19.3 Å². The zero-order chi connectivity index (χ0) is 11.7. The molecule has 1 saturated carbocycles. The number of hydrogen-bond acceptors (Lipinski definition) is 2. The fourth-order valence-electron chi connectivity index (χ4n) is 1.95. The number of anilines is 1. The molecule has 0 amide bonds. The van der Waals surface area contributed by atoms with Crippen LogP contribution >= 0.6 is 0 Å². The first-order valence-electron chi connectivity index (χ1n) is 5.17. The second kappa shape index (κ2) is 4.33. The van der Waals surface area contributed by atoms with Gasteiger partial charge in [0, 0.05) is 0 Å². The smallest absolute Gasteiger partial charge is 0.196 e. The molecule has 2 nitrogen and oxygen atoms in total. The Bertz CT molecular complexity index is 397. The van der Waals surface area contributed by atoms with Gasteiger partial charge in [0.2, 0.25) is 0 Å². The lowest BCUT2D eigenvalue weighted by atomic mass is 10.2. The zero-order valence-corrected chi connectivity index (χ0v) is 8.51. The molecule has 1 aromatic rings. The SMILES string of the molecule is O[C@@H]1CCC[C@H]1Nc1ccc(F)c(F)c1F. The third-order valence-corrected chi connectivity index (χ3v) is 2.86. The molecule has 0 aliphatic heterocycles. The lowest BCUT2D eigenvalue weighted by Crippen LogP contribution is -2.28. The van der Waals surface area contributed by atoms with Crippen molar-refractivity contribution in [2.75, 3.05) is 5.32 Å². The van der Waals surface area contributed by atoms with Crippen LogP contribution in [0.3, 0.4) is 0 Å². The Morgan fingerprint density at radius 2 is 1.88 bits per heavy atom. The van der Waals surface area contributed by atoms with Crippen molar-refractivity contribution < 1.29 is 18.3 Å². The molecule has 2 atom stereocenters. The van der Waals surface area contributed by atoms with Crippen LogP contribution in [0.25, 0.3) is 0 Å². The van der Waals surface area contributed by atoms with E-state index in [2.05, 4.69) is 5.32 Å². The van der Waals surface area contributed by atoms with Crippen LogP contribution in [0.2, 0.25) is 0 Å². The molecule has 2 N–H and O–H groups in total. The van der Waals surface area contributed by atoms with Crippen LogP contribution in [0, 0.1) is 17.5 Å². The van der Waals surface area contributed by atoms with Gasteiger partial charge in [-0.15, -0.1) is 0 Å². The summed E-state index contributed by atoms with van der Waals surface area (Å²) in [5.41, 5.74) is -0.107. The fourth-order valence-corrected chi connectivity index (χ4v) is 1.95. The van der Waals surface area contributed by atoms with E-state index in [1.165, 1.54) is 0 Å². The quantitative estimate of drug-likeness (QED) is 0.766. The molecule has 0 radical (unpaired) electrons. The van der Waals surface area contributed by atoms with E-state index in [0.29, 0.717) is 12.8 Å². The Kier molecular flexibility index (Phi) is 3.05. The van der Waals surface area contributed by atoms with Crippen LogP contribution in [0.5, 0.6) is 0 Å². The number of aliphatic hydroxyl groups excluding tert-OH is 1. The summed E-state index contributed by atoms with van der Waals surface area (Å²) in [6.45, 7) is 0. The number of hydrogen-bond donors (Lipinski definition) is 2. The summed E-state index contributed by atoms with van der Waals surface area (Å²) in [6.07, 6.45) is 1.61. The van der Waals surface area contributed by atoms with Gasteiger partial charge >= 0.3 is 0 Å². The van der Waals surface area contributed by atoms with Crippen LogP contribution in [-0.2, 0) is 0 Å². The van der Waals surface area contributed by atoms with E-state index in [9.17, 15) is 18.3 Å². The van der Waals surface area contributed by atoms with E-state index in [4.69, 9.17) is 0 Å². The van der Waals surface area contributed by atoms with Crippen molar-refractivity contribution in [2.45, 2.75) is 31.4 Å². The van der Waals surface area contributed by atoms with Gasteiger partial charge in [-0.05, 0) is 31.4 Å². The first-order chi connectivity index (χ1) is 7.59. The minimum Gasteiger partial charge on any atom is -0.391 e. The van der Waals surface area contributed by atoms with E-state index in [0.717, 1.165) is 18.6 Å². The summed E-state index contributed by atoms with van der Waals surface area (Å²) in [5, 5.41) is 12.2. The van der Waals surface area contributed by atoms with Gasteiger partial charge in [0.1, 0.15) is 0 Å². The molecule has 1 fully saturated rings. The van der Waals surface area contributed by atoms with Gasteiger partial charge in [-0.1, -0.05) is 0 Å². The Labute approximate surface area is 91.1 Å². The molecule has 0 saturated heterocycles. The molecule has 16 heavy (non-hydrogen) atoms. The van der Waals surface area contributed by atoms with Gasteiger partial charge < -0.3 is 10.4 Å². The minimum atomic E-state index is -1.49. The summed E-state index contributed by atoms with van der Waals surface area (Å²) >= 11 is 0. The van der Waals surface area contributed by atoms with Gasteiger partial charge in [-0.3, -0.25) is 0 Å². The third-order valence-electron chi connectivity index (χ3n) is 2.86. The minimum absolute atomic E-state index is 0.107. The average molecular weight is 231 g/mol. The van der Waals surface area contributed by atoms with Crippen LogP contribution in [0.15, 0.2) is 12.1 Å². The number of rotatable bonds is 2. The highest BCUT2D eigenvalue weighted by atomic mass is 19.2. The van der Waals surface area contributed by atoms with Crippen molar-refractivity contribution in [1.82, 2.24) is 0 Å². The summed E-state index contributed by atoms with van der Waals surface area (Å²) < 4.78 is 38.9. The molecular weight excluding hydrogens is 219 g/mol. The summed E-state index contributed by atoms with van der Waals surface area (Å²) in [4.78, 5) is 0. The summed E-state index contributed by atoms with van der Waals surface area (Å²) in [6, 6.07) is 1.71. The van der Waals surface area contributed by atoms with Crippen molar-refractivity contribution >= 4 is 5.69 Å². The molecule has 0 aromatic heterocycles. The van der Waals surface area contributed by atoms with Gasteiger partial charge in [-0.25, -0.2) is 13.2 Å². The molecule has 0 unspecified atom stereocenters. The standard InChI is InChI=1S/C11H12F3NO/c12-6-4-5-8(11(14)10(6)13)15-7-2-1-3-9(7)16/h4-5,7,9,15-16H,1-3H2/t7-,9-/m1/s1. The third kappa shape index (κ3) is 2.00. The fraction of sp³-hybridized carbons (Fsp3) is 0.455. The Morgan fingerprint density at radius 3 is 2.50 bits per heavy atom. The van der Waals surface area contributed by atoms with E-state index in [1.807, 2.05) is 0 Å². The zero-order valence-electron chi connectivity index (χ0n) is 8.51. The number of nitrogens with one attached hydrogen (secondary N) is 1. The molecule has 1 aliphatic rings. The number of aliphatic hydroxyl groups is 1. The molecule has 1 aliphatic carbocycles. The van der Waals surface area contributed by atoms with Gasteiger partial charge in [0.15, 0.2) is 17.5 Å². The maximum absolute atomic E-state index is 13.3. The highest BCUT2D eigenvalue weighted by molar-refractivity contribution is 5.46. The first kappa shape index (κ1) is 11.3. The van der Waals surface area contributed by atoms with Crippen molar-refractivity contribution in [3.05, 3.63) is 29.6 Å². The number of benzene rings is 1. The number of halogens is 3. The summed E-state index contributed by atoms with van der Waals surface area (Å²) in [5.74, 6) is -3.94. The molecule has 88 valence electrons. The van der Waals surface area contributed by atoms with Crippen molar-refractivity contribution in [1.29, 1.82) is 0 Å². The molecule has 0 bridgehead atoms. The van der Waals surface area contributed by atoms with Gasteiger partial charge in [0.05, 0.1) is 17.8 Å². The van der Waals surface area contributed by atoms with Crippen molar-refractivity contribution in [3.63, 3.8) is 0 Å². The van der Waals surface area contributed by atoms with Crippen LogP contribution < -0.4 is 5.32 Å². The molecule has 2 rings (SSSR count). The molecule has 5 heteroatoms. The predicted molar refractivity (Wildman–Crippen MR) is 53.6 cm³/mol. The van der Waals surface area contributed by atoms with E-state index in [1.54, 1.807) is 0 Å². The second-order valence-corrected chi connectivity index (χ2v) is 3.97. The normalized spacial score (nSPS) is 24.8. The lowest BCUT2D eigenvalue weighted by molar-refractivity contribution is 0.171. The maximum atomic E-state index is 13.3. The average Bonchev–Trinajstić information content (AvgIpc) is 2.65. The predicted octanol–water partition coefficient (Wildman–Crippen LogP) is 2.43.